The summed E-state index contributed by atoms with van der Waals surface area (Å²) in [5.41, 5.74) is 4.36. The van der Waals surface area contributed by atoms with Gasteiger partial charge >= 0.3 is 0 Å². The molecule has 5 heteroatoms. The van der Waals surface area contributed by atoms with E-state index in [1.54, 1.807) is 0 Å². The summed E-state index contributed by atoms with van der Waals surface area (Å²) in [5.74, 6) is 0.876. The molecule has 28 heavy (non-hydrogen) atoms. The molecule has 1 amide bonds. The summed E-state index contributed by atoms with van der Waals surface area (Å²) < 4.78 is 5.37. The first-order valence-corrected chi connectivity index (χ1v) is 10.3. The number of nitrogens with one attached hydrogen (secondary N) is 1. The van der Waals surface area contributed by atoms with Crippen molar-refractivity contribution < 1.29 is 9.53 Å². The van der Waals surface area contributed by atoms with Crippen LogP contribution in [-0.4, -0.2) is 37.1 Å². The lowest BCUT2D eigenvalue weighted by Gasteiger charge is -2.38. The molecule has 2 aromatic rings. The lowest BCUT2D eigenvalue weighted by Crippen LogP contribution is -2.40. The van der Waals surface area contributed by atoms with Crippen LogP contribution in [0.15, 0.2) is 54.6 Å². The second-order valence-corrected chi connectivity index (χ2v) is 8.17. The van der Waals surface area contributed by atoms with E-state index < -0.39 is 0 Å². The molecule has 0 saturated carbocycles. The number of hydrogen-bond acceptors (Lipinski definition) is 3. The standard InChI is InChI=1S/C23H23ClN2O2/c24-17-7-4-15(5-8-17)22-19-3-1-2-18(19)20-14-16(6-9-21(20)25-22)23(27)26-10-12-28-13-11-26/h1-2,4-9,14,18-19,22,25H,3,10-13H2/t18-,19-,22-/m1/s1. The Labute approximate surface area is 170 Å². The molecule has 144 valence electrons. The zero-order valence-corrected chi connectivity index (χ0v) is 16.4. The topological polar surface area (TPSA) is 41.6 Å². The van der Waals surface area contributed by atoms with Crippen LogP contribution >= 0.6 is 11.6 Å². The number of halogens is 1. The van der Waals surface area contributed by atoms with Gasteiger partial charge in [-0.1, -0.05) is 35.9 Å². The van der Waals surface area contributed by atoms with Gasteiger partial charge in [0.1, 0.15) is 0 Å². The number of hydrogen-bond donors (Lipinski definition) is 1. The summed E-state index contributed by atoms with van der Waals surface area (Å²) in [6.45, 7) is 2.57. The van der Waals surface area contributed by atoms with Gasteiger partial charge in [0.25, 0.3) is 5.91 Å². The maximum Gasteiger partial charge on any atom is 0.254 e. The molecule has 2 aliphatic heterocycles. The van der Waals surface area contributed by atoms with E-state index in [9.17, 15) is 4.79 Å². The van der Waals surface area contributed by atoms with Gasteiger partial charge in [-0.25, -0.2) is 0 Å². The van der Waals surface area contributed by atoms with Crippen LogP contribution in [0.5, 0.6) is 0 Å². The third kappa shape index (κ3) is 3.11. The maximum absolute atomic E-state index is 12.9. The summed E-state index contributed by atoms with van der Waals surface area (Å²) in [4.78, 5) is 14.8. The number of anilines is 1. The first-order chi connectivity index (χ1) is 13.7. The Balaban J connectivity index is 1.47. The van der Waals surface area contributed by atoms with Gasteiger partial charge in [0, 0.05) is 35.3 Å². The quantitative estimate of drug-likeness (QED) is 0.754. The zero-order valence-electron chi connectivity index (χ0n) is 15.6. The minimum absolute atomic E-state index is 0.101. The van der Waals surface area contributed by atoms with Crippen LogP contribution in [0.4, 0.5) is 5.69 Å². The summed E-state index contributed by atoms with van der Waals surface area (Å²) in [7, 11) is 0. The molecule has 1 fully saturated rings. The van der Waals surface area contributed by atoms with Crippen molar-refractivity contribution in [2.45, 2.75) is 18.4 Å². The molecule has 1 N–H and O–H groups in total. The molecule has 0 radical (unpaired) electrons. The number of carbonyl (C=O) groups is 1. The van der Waals surface area contributed by atoms with E-state index in [-0.39, 0.29) is 11.9 Å². The van der Waals surface area contributed by atoms with Crippen molar-refractivity contribution in [3.8, 4) is 0 Å². The highest BCUT2D eigenvalue weighted by molar-refractivity contribution is 6.30. The highest BCUT2D eigenvalue weighted by atomic mass is 35.5. The summed E-state index contributed by atoms with van der Waals surface area (Å²) >= 11 is 6.08. The van der Waals surface area contributed by atoms with E-state index in [4.69, 9.17) is 16.3 Å². The SMILES string of the molecule is O=C(c1ccc2c(c1)[C@@H]1C=CC[C@H]1[C@@H](c1ccc(Cl)cc1)N2)N1CCOCC1. The minimum Gasteiger partial charge on any atom is -0.378 e. The van der Waals surface area contributed by atoms with Gasteiger partial charge in [-0.15, -0.1) is 0 Å². The molecule has 3 aliphatic rings. The molecular formula is C23H23ClN2O2. The number of morpholine rings is 1. The Hall–Kier alpha value is -2.30. The molecule has 1 aliphatic carbocycles. The molecule has 2 heterocycles. The van der Waals surface area contributed by atoms with Crippen molar-refractivity contribution in [1.29, 1.82) is 0 Å². The fourth-order valence-corrected chi connectivity index (χ4v) is 4.80. The first kappa shape index (κ1) is 17.8. The van der Waals surface area contributed by atoms with Crippen molar-refractivity contribution in [2.24, 2.45) is 5.92 Å². The normalized spacial score (nSPS) is 25.8. The second kappa shape index (κ2) is 7.26. The molecule has 5 rings (SSSR count). The Kier molecular flexibility index (Phi) is 4.61. The third-order valence-electron chi connectivity index (χ3n) is 6.14. The van der Waals surface area contributed by atoms with Crippen molar-refractivity contribution in [1.82, 2.24) is 4.90 Å². The lowest BCUT2D eigenvalue weighted by atomic mass is 9.76. The summed E-state index contributed by atoms with van der Waals surface area (Å²) in [6, 6.07) is 14.5. The van der Waals surface area contributed by atoms with E-state index in [2.05, 4.69) is 41.7 Å². The number of carbonyl (C=O) groups excluding carboxylic acids is 1. The monoisotopic (exact) mass is 394 g/mol. The highest BCUT2D eigenvalue weighted by Crippen LogP contribution is 2.50. The number of fused-ring (bicyclic) bond motifs is 3. The van der Waals surface area contributed by atoms with Crippen LogP contribution < -0.4 is 5.32 Å². The van der Waals surface area contributed by atoms with Crippen molar-refractivity contribution in [3.63, 3.8) is 0 Å². The summed E-state index contributed by atoms with van der Waals surface area (Å²) in [5, 5.41) is 4.48. The maximum atomic E-state index is 12.9. The second-order valence-electron chi connectivity index (χ2n) is 7.73. The molecule has 0 bridgehead atoms. The van der Waals surface area contributed by atoms with Crippen LogP contribution in [0, 0.1) is 5.92 Å². The van der Waals surface area contributed by atoms with E-state index in [1.807, 2.05) is 23.1 Å². The van der Waals surface area contributed by atoms with Gasteiger partial charge in [0.2, 0.25) is 0 Å². The number of amides is 1. The fraction of sp³-hybridized carbons (Fsp3) is 0.348. The molecular weight excluding hydrogens is 372 g/mol. The molecule has 0 unspecified atom stereocenters. The van der Waals surface area contributed by atoms with E-state index in [1.165, 1.54) is 11.1 Å². The van der Waals surface area contributed by atoms with E-state index >= 15 is 0 Å². The first-order valence-electron chi connectivity index (χ1n) is 9.90. The molecule has 0 spiro atoms. The summed E-state index contributed by atoms with van der Waals surface area (Å²) in [6.07, 6.45) is 5.60. The van der Waals surface area contributed by atoms with Crippen molar-refractivity contribution in [3.05, 3.63) is 76.3 Å². The number of rotatable bonds is 2. The van der Waals surface area contributed by atoms with Gasteiger partial charge < -0.3 is 15.0 Å². The van der Waals surface area contributed by atoms with Crippen LogP contribution in [0.2, 0.25) is 5.02 Å². The highest BCUT2D eigenvalue weighted by Gasteiger charge is 2.38. The van der Waals surface area contributed by atoms with Crippen LogP contribution in [-0.2, 0) is 4.74 Å². The lowest BCUT2D eigenvalue weighted by molar-refractivity contribution is 0.0303. The molecule has 2 aromatic carbocycles. The largest absolute Gasteiger partial charge is 0.378 e. The van der Waals surface area contributed by atoms with Gasteiger partial charge in [-0.2, -0.15) is 0 Å². The van der Waals surface area contributed by atoms with Gasteiger partial charge in [0.15, 0.2) is 0 Å². The number of allylic oxidation sites excluding steroid dienone is 2. The Bertz CT molecular complexity index is 919. The molecule has 1 saturated heterocycles. The minimum atomic E-state index is 0.101. The molecule has 3 atom stereocenters. The predicted molar refractivity (Wildman–Crippen MR) is 111 cm³/mol. The van der Waals surface area contributed by atoms with Gasteiger partial charge in [-0.3, -0.25) is 4.79 Å². The van der Waals surface area contributed by atoms with Crippen LogP contribution in [0.3, 0.4) is 0 Å². The Morgan fingerprint density at radius 1 is 1.11 bits per heavy atom. The number of nitrogens with zero attached hydrogens (tertiary/aromatic N) is 1. The van der Waals surface area contributed by atoms with E-state index in [0.717, 1.165) is 22.7 Å². The van der Waals surface area contributed by atoms with Crippen molar-refractivity contribution >= 4 is 23.2 Å². The van der Waals surface area contributed by atoms with Gasteiger partial charge in [-0.05, 0) is 53.8 Å². The number of benzene rings is 2. The average molecular weight is 395 g/mol. The van der Waals surface area contributed by atoms with E-state index in [0.29, 0.717) is 38.1 Å². The van der Waals surface area contributed by atoms with Gasteiger partial charge in [0.05, 0.1) is 19.3 Å². The Morgan fingerprint density at radius 3 is 2.68 bits per heavy atom. The molecule has 4 nitrogen and oxygen atoms in total. The van der Waals surface area contributed by atoms with Crippen LogP contribution in [0.25, 0.3) is 0 Å². The van der Waals surface area contributed by atoms with Crippen LogP contribution in [0.1, 0.15) is 39.9 Å². The Morgan fingerprint density at radius 2 is 1.89 bits per heavy atom. The average Bonchev–Trinajstić information content (AvgIpc) is 3.24. The van der Waals surface area contributed by atoms with Crippen molar-refractivity contribution in [2.75, 3.05) is 31.6 Å². The third-order valence-corrected chi connectivity index (χ3v) is 6.39. The predicted octanol–water partition coefficient (Wildman–Crippen LogP) is 4.64. The zero-order chi connectivity index (χ0) is 19.1. The fourth-order valence-electron chi connectivity index (χ4n) is 4.68. The number of ether oxygens (including phenoxy) is 1. The molecule has 0 aromatic heterocycles. The smallest absolute Gasteiger partial charge is 0.254 e.